The summed E-state index contributed by atoms with van der Waals surface area (Å²) >= 11 is 0. The fourth-order valence-corrected chi connectivity index (χ4v) is 5.16. The number of carbonyl (C=O) groups excluding carboxylic acids is 2. The topological polar surface area (TPSA) is 54.3 Å². The summed E-state index contributed by atoms with van der Waals surface area (Å²) in [4.78, 5) is 27.9. The van der Waals surface area contributed by atoms with Gasteiger partial charge in [-0.1, -0.05) is 48.0 Å². The number of nitrogens with zero attached hydrogens (tertiary/aromatic N) is 2. The minimum Gasteiger partial charge on any atom is -0.354 e. The maximum absolute atomic E-state index is 13.3. The van der Waals surface area contributed by atoms with E-state index in [-0.39, 0.29) is 24.4 Å². The summed E-state index contributed by atoms with van der Waals surface area (Å²) < 4.78 is 2.09. The lowest BCUT2D eigenvalue weighted by atomic mass is 9.97. The maximum Gasteiger partial charge on any atom is 0.255 e. The number of aryl methyl sites for hydroxylation is 1. The zero-order chi connectivity index (χ0) is 22.1. The monoisotopic (exact) mass is 427 g/mol. The third kappa shape index (κ3) is 3.72. The van der Waals surface area contributed by atoms with E-state index in [1.807, 2.05) is 43.4 Å². The highest BCUT2D eigenvalue weighted by molar-refractivity contribution is 6.02. The highest BCUT2D eigenvalue weighted by Crippen LogP contribution is 2.41. The molecule has 0 fully saturated rings. The number of amides is 2. The van der Waals surface area contributed by atoms with Gasteiger partial charge in [0, 0.05) is 41.8 Å². The number of hydrogen-bond donors (Lipinski definition) is 1. The normalized spacial score (nSPS) is 18.0. The van der Waals surface area contributed by atoms with Crippen molar-refractivity contribution in [3.63, 3.8) is 0 Å². The van der Waals surface area contributed by atoms with Crippen molar-refractivity contribution >= 4 is 22.7 Å². The third-order valence-corrected chi connectivity index (χ3v) is 6.75. The second-order valence-corrected chi connectivity index (χ2v) is 8.84. The van der Waals surface area contributed by atoms with Gasteiger partial charge >= 0.3 is 0 Å². The number of benzene rings is 2. The first-order valence-corrected chi connectivity index (χ1v) is 11.5. The second-order valence-electron chi connectivity index (χ2n) is 8.84. The molecule has 5 heteroatoms. The van der Waals surface area contributed by atoms with Gasteiger partial charge in [0.2, 0.25) is 5.91 Å². The molecule has 0 spiro atoms. The standard InChI is InChI=1S/C27H29N3O2/c1-29-17-23(20-11-7-8-14-24(20)29)26-21-12-5-6-13-22(21)27(32)30(26)18-25(31)28-16-15-19-9-3-2-4-10-19/h5-9,11-14,17,26H,2-4,10,15-16,18H2,1H3,(H,28,31). The number of aromatic nitrogens is 1. The number of carbonyl (C=O) groups is 2. The van der Waals surface area contributed by atoms with Crippen LogP contribution in [0.25, 0.3) is 10.9 Å². The van der Waals surface area contributed by atoms with Gasteiger partial charge in [-0.05, 0) is 49.8 Å². The van der Waals surface area contributed by atoms with Crippen molar-refractivity contribution in [2.75, 3.05) is 13.1 Å². The van der Waals surface area contributed by atoms with E-state index >= 15 is 0 Å². The molecule has 5 rings (SSSR count). The van der Waals surface area contributed by atoms with Gasteiger partial charge in [-0.25, -0.2) is 0 Å². The molecule has 1 aromatic heterocycles. The summed E-state index contributed by atoms with van der Waals surface area (Å²) in [5.74, 6) is -0.184. The van der Waals surface area contributed by atoms with Gasteiger partial charge in [-0.2, -0.15) is 0 Å². The van der Waals surface area contributed by atoms with Gasteiger partial charge in [0.1, 0.15) is 6.54 Å². The SMILES string of the molecule is Cn1cc(C2c3ccccc3C(=O)N2CC(=O)NCCC2=CCCCC2)c2ccccc21. The Bertz CT molecular complexity index is 1210. The highest BCUT2D eigenvalue weighted by Gasteiger charge is 2.39. The molecule has 2 heterocycles. The quantitative estimate of drug-likeness (QED) is 0.578. The number of nitrogens with one attached hydrogen (secondary N) is 1. The molecule has 0 bridgehead atoms. The highest BCUT2D eigenvalue weighted by atomic mass is 16.2. The number of hydrogen-bond acceptors (Lipinski definition) is 2. The van der Waals surface area contributed by atoms with Crippen molar-refractivity contribution in [2.45, 2.75) is 38.1 Å². The van der Waals surface area contributed by atoms with Crippen LogP contribution < -0.4 is 5.32 Å². The molecular weight excluding hydrogens is 398 g/mol. The lowest BCUT2D eigenvalue weighted by Gasteiger charge is -2.25. The van der Waals surface area contributed by atoms with E-state index in [2.05, 4.69) is 34.3 Å². The molecule has 0 saturated carbocycles. The van der Waals surface area contributed by atoms with E-state index in [1.54, 1.807) is 4.90 Å². The van der Waals surface area contributed by atoms with Crippen LogP contribution in [0, 0.1) is 0 Å². The summed E-state index contributed by atoms with van der Waals surface area (Å²) in [7, 11) is 2.02. The van der Waals surface area contributed by atoms with Gasteiger partial charge in [0.15, 0.2) is 0 Å². The van der Waals surface area contributed by atoms with Crippen LogP contribution in [0.5, 0.6) is 0 Å². The van der Waals surface area contributed by atoms with Gasteiger partial charge in [-0.3, -0.25) is 9.59 Å². The first kappa shape index (κ1) is 20.6. The Morgan fingerprint density at radius 1 is 1.06 bits per heavy atom. The Morgan fingerprint density at radius 2 is 1.88 bits per heavy atom. The minimum atomic E-state index is -0.267. The Labute approximate surface area is 188 Å². The Morgan fingerprint density at radius 3 is 2.72 bits per heavy atom. The Kier molecular flexibility index (Phi) is 5.56. The van der Waals surface area contributed by atoms with E-state index in [4.69, 9.17) is 0 Å². The molecule has 32 heavy (non-hydrogen) atoms. The van der Waals surface area contributed by atoms with E-state index in [9.17, 15) is 9.59 Å². The fraction of sp³-hybridized carbons (Fsp3) is 0.333. The molecular formula is C27H29N3O2. The van der Waals surface area contributed by atoms with Crippen LogP contribution in [0.1, 0.15) is 59.6 Å². The van der Waals surface area contributed by atoms with Gasteiger partial charge in [0.25, 0.3) is 5.91 Å². The molecule has 1 aliphatic carbocycles. The molecule has 1 atom stereocenters. The lowest BCUT2D eigenvalue weighted by Crippen LogP contribution is -2.40. The number of para-hydroxylation sites is 1. The fourth-order valence-electron chi connectivity index (χ4n) is 5.16. The van der Waals surface area contributed by atoms with Crippen LogP contribution in [0.15, 0.2) is 66.4 Å². The molecule has 164 valence electrons. The Balaban J connectivity index is 1.40. The lowest BCUT2D eigenvalue weighted by molar-refractivity contribution is -0.122. The van der Waals surface area contributed by atoms with Crippen LogP contribution in [0.2, 0.25) is 0 Å². The Hall–Kier alpha value is -3.34. The zero-order valence-corrected chi connectivity index (χ0v) is 18.5. The first-order chi connectivity index (χ1) is 15.6. The van der Waals surface area contributed by atoms with Crippen molar-refractivity contribution in [1.82, 2.24) is 14.8 Å². The van der Waals surface area contributed by atoms with Gasteiger partial charge in [0.05, 0.1) is 6.04 Å². The van der Waals surface area contributed by atoms with Crippen molar-refractivity contribution in [1.29, 1.82) is 0 Å². The molecule has 1 unspecified atom stereocenters. The largest absolute Gasteiger partial charge is 0.354 e. The molecule has 1 N–H and O–H groups in total. The third-order valence-electron chi connectivity index (χ3n) is 6.75. The van der Waals surface area contributed by atoms with E-state index in [0.29, 0.717) is 12.1 Å². The number of fused-ring (bicyclic) bond motifs is 2. The van der Waals surface area contributed by atoms with E-state index in [0.717, 1.165) is 41.3 Å². The predicted octanol–water partition coefficient (Wildman–Crippen LogP) is 4.73. The van der Waals surface area contributed by atoms with Crippen LogP contribution in [0.4, 0.5) is 0 Å². The summed E-state index contributed by atoms with van der Waals surface area (Å²) in [5.41, 5.74) is 5.26. The molecule has 2 amide bonds. The summed E-state index contributed by atoms with van der Waals surface area (Å²) in [5, 5.41) is 4.15. The second kappa shape index (κ2) is 8.65. The molecule has 5 nitrogen and oxygen atoms in total. The number of allylic oxidation sites excluding steroid dienone is 1. The smallest absolute Gasteiger partial charge is 0.255 e. The van der Waals surface area contributed by atoms with Gasteiger partial charge in [-0.15, -0.1) is 0 Å². The first-order valence-electron chi connectivity index (χ1n) is 11.5. The molecule has 1 aliphatic heterocycles. The average Bonchev–Trinajstić information content (AvgIpc) is 3.29. The maximum atomic E-state index is 13.3. The molecule has 3 aromatic rings. The van der Waals surface area contributed by atoms with Crippen molar-refractivity contribution < 1.29 is 9.59 Å². The molecule has 0 radical (unpaired) electrons. The van der Waals surface area contributed by atoms with Crippen LogP contribution in [0.3, 0.4) is 0 Å². The zero-order valence-electron chi connectivity index (χ0n) is 18.5. The van der Waals surface area contributed by atoms with Crippen molar-refractivity contribution in [3.8, 4) is 0 Å². The van der Waals surface area contributed by atoms with Crippen LogP contribution in [-0.2, 0) is 11.8 Å². The van der Waals surface area contributed by atoms with Crippen LogP contribution in [-0.4, -0.2) is 34.4 Å². The summed E-state index contributed by atoms with van der Waals surface area (Å²) in [6.07, 6.45) is 10.1. The van der Waals surface area contributed by atoms with Gasteiger partial charge < -0.3 is 14.8 Å². The molecule has 2 aliphatic rings. The van der Waals surface area contributed by atoms with E-state index in [1.165, 1.54) is 18.4 Å². The van der Waals surface area contributed by atoms with Crippen LogP contribution >= 0.6 is 0 Å². The van der Waals surface area contributed by atoms with Crippen molar-refractivity contribution in [3.05, 3.63) is 83.1 Å². The van der Waals surface area contributed by atoms with Crippen molar-refractivity contribution in [2.24, 2.45) is 7.05 Å². The molecule has 2 aromatic carbocycles. The summed E-state index contributed by atoms with van der Waals surface area (Å²) in [6, 6.07) is 15.7. The molecule has 0 saturated heterocycles. The number of rotatable bonds is 6. The average molecular weight is 428 g/mol. The minimum absolute atomic E-state index is 0.0560. The van der Waals surface area contributed by atoms with E-state index < -0.39 is 0 Å². The summed E-state index contributed by atoms with van der Waals surface area (Å²) in [6.45, 7) is 0.680. The predicted molar refractivity (Wildman–Crippen MR) is 126 cm³/mol.